The Hall–Kier alpha value is -2.64. The van der Waals surface area contributed by atoms with E-state index in [4.69, 9.17) is 16.3 Å². The van der Waals surface area contributed by atoms with Crippen molar-refractivity contribution >= 4 is 29.1 Å². The molecule has 3 rings (SSSR count). The van der Waals surface area contributed by atoms with Gasteiger partial charge in [-0.15, -0.1) is 0 Å². The number of rotatable bonds is 7. The van der Waals surface area contributed by atoms with Crippen LogP contribution in [0.3, 0.4) is 0 Å². The van der Waals surface area contributed by atoms with E-state index in [0.29, 0.717) is 23.4 Å². The average molecular weight is 359 g/mol. The summed E-state index contributed by atoms with van der Waals surface area (Å²) in [6, 6.07) is 9.92. The second kappa shape index (κ2) is 7.96. The number of hydrogen-bond acceptors (Lipinski definition) is 6. The normalized spacial score (nSPS) is 12.0. The van der Waals surface area contributed by atoms with E-state index in [9.17, 15) is 0 Å². The number of aryl methyl sites for hydroxylation is 1. The topological polar surface area (TPSA) is 76.9 Å². The molecule has 1 aromatic carbocycles. The quantitative estimate of drug-likeness (QED) is 0.674. The van der Waals surface area contributed by atoms with Crippen LogP contribution in [-0.4, -0.2) is 33.5 Å². The van der Waals surface area contributed by atoms with Crippen LogP contribution < -0.4 is 10.6 Å². The molecule has 0 aliphatic heterocycles. The van der Waals surface area contributed by atoms with E-state index in [0.717, 1.165) is 11.3 Å². The lowest BCUT2D eigenvalue weighted by atomic mass is 10.1. The van der Waals surface area contributed by atoms with Crippen molar-refractivity contribution < 1.29 is 4.74 Å². The number of methoxy groups -OCH3 is 1. The van der Waals surface area contributed by atoms with Crippen LogP contribution in [0.4, 0.5) is 17.5 Å². The minimum atomic E-state index is -0.0789. The molecule has 0 aliphatic rings. The van der Waals surface area contributed by atoms with Gasteiger partial charge < -0.3 is 15.4 Å². The van der Waals surface area contributed by atoms with Crippen molar-refractivity contribution in [3.05, 3.63) is 59.5 Å². The predicted octanol–water partition coefficient (Wildman–Crippen LogP) is 3.41. The smallest absolute Gasteiger partial charge is 0.229 e. The highest BCUT2D eigenvalue weighted by Gasteiger charge is 2.15. The van der Waals surface area contributed by atoms with Crippen LogP contribution >= 0.6 is 11.6 Å². The molecule has 0 spiro atoms. The van der Waals surface area contributed by atoms with Gasteiger partial charge in [-0.2, -0.15) is 10.1 Å². The zero-order chi connectivity index (χ0) is 17.6. The van der Waals surface area contributed by atoms with Gasteiger partial charge in [-0.25, -0.2) is 4.98 Å². The van der Waals surface area contributed by atoms with Crippen molar-refractivity contribution in [2.45, 2.75) is 6.04 Å². The maximum Gasteiger partial charge on any atom is 0.229 e. The molecule has 2 aromatic heterocycles. The van der Waals surface area contributed by atoms with Crippen LogP contribution in [0.25, 0.3) is 0 Å². The lowest BCUT2D eigenvalue weighted by Crippen LogP contribution is -2.17. The van der Waals surface area contributed by atoms with E-state index >= 15 is 0 Å². The van der Waals surface area contributed by atoms with Crippen LogP contribution in [0.1, 0.15) is 11.6 Å². The first kappa shape index (κ1) is 17.2. The Balaban J connectivity index is 1.81. The van der Waals surface area contributed by atoms with E-state index in [1.54, 1.807) is 24.2 Å². The average Bonchev–Trinajstić information content (AvgIpc) is 3.03. The van der Waals surface area contributed by atoms with Crippen LogP contribution in [0.5, 0.6) is 0 Å². The summed E-state index contributed by atoms with van der Waals surface area (Å²) in [4.78, 5) is 8.67. The Morgan fingerprint density at radius 2 is 2.04 bits per heavy atom. The second-order valence-electron chi connectivity index (χ2n) is 5.48. The van der Waals surface area contributed by atoms with Gasteiger partial charge in [0.05, 0.1) is 30.7 Å². The van der Waals surface area contributed by atoms with Gasteiger partial charge >= 0.3 is 0 Å². The molecule has 0 fully saturated rings. The number of benzene rings is 1. The van der Waals surface area contributed by atoms with Gasteiger partial charge in [-0.1, -0.05) is 41.9 Å². The minimum Gasteiger partial charge on any atom is -0.382 e. The fraction of sp³-hybridized carbons (Fsp3) is 0.235. The maximum atomic E-state index is 6.26. The Kier molecular flexibility index (Phi) is 5.47. The van der Waals surface area contributed by atoms with Crippen LogP contribution in [-0.2, 0) is 11.8 Å². The van der Waals surface area contributed by atoms with E-state index in [1.165, 1.54) is 0 Å². The number of halogens is 1. The van der Waals surface area contributed by atoms with Crippen molar-refractivity contribution in [3.63, 3.8) is 0 Å². The van der Waals surface area contributed by atoms with Gasteiger partial charge in [-0.3, -0.25) is 4.68 Å². The molecule has 130 valence electrons. The van der Waals surface area contributed by atoms with Crippen molar-refractivity contribution in [1.82, 2.24) is 19.7 Å². The Labute approximate surface area is 151 Å². The molecule has 3 aromatic rings. The molecule has 0 saturated heterocycles. The molecular weight excluding hydrogens is 340 g/mol. The summed E-state index contributed by atoms with van der Waals surface area (Å²) in [5.74, 6) is 0.970. The van der Waals surface area contributed by atoms with E-state index < -0.39 is 0 Å². The molecule has 0 unspecified atom stereocenters. The Morgan fingerprint density at radius 1 is 1.24 bits per heavy atom. The van der Waals surface area contributed by atoms with Crippen molar-refractivity contribution in [1.29, 1.82) is 0 Å². The number of nitrogens with zero attached hydrogens (tertiary/aromatic N) is 4. The second-order valence-corrected chi connectivity index (χ2v) is 5.89. The highest BCUT2D eigenvalue weighted by molar-refractivity contribution is 6.32. The monoisotopic (exact) mass is 358 g/mol. The number of anilines is 3. The standard InChI is InChI=1S/C17H19ClN6O/c1-24-10-13(8-20-24)21-17-19-9-14(18)16(23-17)22-15(11-25-2)12-6-4-3-5-7-12/h3-10,15H,11H2,1-2H3,(H2,19,21,22,23)/t15-/m1/s1. The lowest BCUT2D eigenvalue weighted by Gasteiger charge is -2.20. The Morgan fingerprint density at radius 3 is 2.72 bits per heavy atom. The summed E-state index contributed by atoms with van der Waals surface area (Å²) in [6.07, 6.45) is 5.09. The molecule has 2 N–H and O–H groups in total. The summed E-state index contributed by atoms with van der Waals surface area (Å²) < 4.78 is 7.02. The summed E-state index contributed by atoms with van der Waals surface area (Å²) in [6.45, 7) is 0.482. The zero-order valence-corrected chi connectivity index (χ0v) is 14.7. The van der Waals surface area contributed by atoms with E-state index in [-0.39, 0.29) is 6.04 Å². The molecule has 0 amide bonds. The van der Waals surface area contributed by atoms with Gasteiger partial charge in [0.2, 0.25) is 5.95 Å². The van der Waals surface area contributed by atoms with Crippen molar-refractivity contribution in [2.75, 3.05) is 24.4 Å². The molecule has 8 heteroatoms. The molecule has 0 aliphatic carbocycles. The molecule has 0 saturated carbocycles. The summed E-state index contributed by atoms with van der Waals surface area (Å²) in [7, 11) is 3.50. The first-order chi connectivity index (χ1) is 12.2. The molecular formula is C17H19ClN6O. The molecule has 2 heterocycles. The third kappa shape index (κ3) is 4.46. The molecule has 25 heavy (non-hydrogen) atoms. The zero-order valence-electron chi connectivity index (χ0n) is 14.0. The Bertz CT molecular complexity index is 823. The third-order valence-electron chi connectivity index (χ3n) is 3.55. The summed E-state index contributed by atoms with van der Waals surface area (Å²) in [5, 5.41) is 11.0. The highest BCUT2D eigenvalue weighted by atomic mass is 35.5. The van der Waals surface area contributed by atoms with Crippen LogP contribution in [0.2, 0.25) is 5.02 Å². The summed E-state index contributed by atoms with van der Waals surface area (Å²) in [5.41, 5.74) is 1.88. The SMILES string of the molecule is COC[C@@H](Nc1nc(Nc2cnn(C)c2)ncc1Cl)c1ccccc1. The van der Waals surface area contributed by atoms with E-state index in [1.807, 2.05) is 43.6 Å². The molecule has 0 radical (unpaired) electrons. The van der Waals surface area contributed by atoms with Crippen molar-refractivity contribution in [2.24, 2.45) is 7.05 Å². The fourth-order valence-corrected chi connectivity index (χ4v) is 2.53. The first-order valence-corrected chi connectivity index (χ1v) is 8.12. The number of ether oxygens (including phenoxy) is 1. The predicted molar refractivity (Wildman–Crippen MR) is 98.2 cm³/mol. The van der Waals surface area contributed by atoms with Gasteiger partial charge in [0, 0.05) is 20.4 Å². The highest BCUT2D eigenvalue weighted by Crippen LogP contribution is 2.26. The largest absolute Gasteiger partial charge is 0.382 e. The van der Waals surface area contributed by atoms with Gasteiger partial charge in [-0.05, 0) is 5.56 Å². The van der Waals surface area contributed by atoms with Crippen LogP contribution in [0, 0.1) is 0 Å². The van der Waals surface area contributed by atoms with Crippen LogP contribution in [0.15, 0.2) is 48.9 Å². The van der Waals surface area contributed by atoms with Gasteiger partial charge in [0.15, 0.2) is 5.82 Å². The van der Waals surface area contributed by atoms with Gasteiger partial charge in [0.25, 0.3) is 0 Å². The number of hydrogen-bond donors (Lipinski definition) is 2. The van der Waals surface area contributed by atoms with Crippen molar-refractivity contribution in [3.8, 4) is 0 Å². The van der Waals surface area contributed by atoms with Gasteiger partial charge in [0.1, 0.15) is 5.02 Å². The minimum absolute atomic E-state index is 0.0789. The maximum absolute atomic E-state index is 6.26. The summed E-state index contributed by atoms with van der Waals surface area (Å²) >= 11 is 6.26. The molecule has 7 nitrogen and oxygen atoms in total. The fourth-order valence-electron chi connectivity index (χ4n) is 2.38. The molecule has 0 bridgehead atoms. The third-order valence-corrected chi connectivity index (χ3v) is 3.83. The number of nitrogens with one attached hydrogen (secondary N) is 2. The van der Waals surface area contributed by atoms with E-state index in [2.05, 4.69) is 25.7 Å². The lowest BCUT2D eigenvalue weighted by molar-refractivity contribution is 0.186. The first-order valence-electron chi connectivity index (χ1n) is 7.74. The number of aromatic nitrogens is 4. The molecule has 1 atom stereocenters.